The Balaban J connectivity index is 1.75. The summed E-state index contributed by atoms with van der Waals surface area (Å²) in [6, 6.07) is 2.71. The minimum absolute atomic E-state index is 0.546. The molecule has 0 radical (unpaired) electrons. The second-order valence-corrected chi connectivity index (χ2v) is 6.09. The van der Waals surface area contributed by atoms with E-state index in [2.05, 4.69) is 53.0 Å². The predicted molar refractivity (Wildman–Crippen MR) is 87.5 cm³/mol. The number of aromatic nitrogens is 2. The van der Waals surface area contributed by atoms with E-state index in [0.717, 1.165) is 45.6 Å². The third-order valence-corrected chi connectivity index (χ3v) is 4.42. The third kappa shape index (κ3) is 5.09. The number of hydrogen-bond acceptors (Lipinski definition) is 4. The van der Waals surface area contributed by atoms with E-state index in [9.17, 15) is 0 Å². The summed E-state index contributed by atoms with van der Waals surface area (Å²) in [5, 5.41) is 8.14. The fraction of sp³-hybridized carbons (Fsp3) is 0.812. The zero-order valence-electron chi connectivity index (χ0n) is 13.9. The fourth-order valence-corrected chi connectivity index (χ4v) is 2.93. The van der Waals surface area contributed by atoms with Crippen LogP contribution in [0.1, 0.15) is 38.4 Å². The molecule has 5 nitrogen and oxygen atoms in total. The van der Waals surface area contributed by atoms with E-state index < -0.39 is 0 Å². The summed E-state index contributed by atoms with van der Waals surface area (Å²) in [5.74, 6) is 0. The van der Waals surface area contributed by atoms with Crippen molar-refractivity contribution in [3.05, 3.63) is 18.0 Å². The first kappa shape index (κ1) is 16.5. The van der Waals surface area contributed by atoms with Crippen molar-refractivity contribution in [2.45, 2.75) is 39.3 Å². The number of piperazine rings is 1. The third-order valence-electron chi connectivity index (χ3n) is 4.42. The van der Waals surface area contributed by atoms with Gasteiger partial charge in [0.25, 0.3) is 0 Å². The molecule has 0 aromatic carbocycles. The molecule has 0 unspecified atom stereocenters. The lowest BCUT2D eigenvalue weighted by atomic mass is 10.2. The monoisotopic (exact) mass is 293 g/mol. The minimum Gasteiger partial charge on any atom is -0.314 e. The highest BCUT2D eigenvalue weighted by Gasteiger charge is 2.12. The van der Waals surface area contributed by atoms with Crippen molar-refractivity contribution in [2.24, 2.45) is 0 Å². The van der Waals surface area contributed by atoms with Crippen molar-refractivity contribution in [3.63, 3.8) is 0 Å². The van der Waals surface area contributed by atoms with Gasteiger partial charge in [0.1, 0.15) is 0 Å². The molecule has 1 aliphatic heterocycles. The lowest BCUT2D eigenvalue weighted by Gasteiger charge is -2.28. The quantitative estimate of drug-likeness (QED) is 0.789. The Morgan fingerprint density at radius 1 is 1.29 bits per heavy atom. The van der Waals surface area contributed by atoms with Crippen molar-refractivity contribution in [3.8, 4) is 0 Å². The van der Waals surface area contributed by atoms with Gasteiger partial charge in [-0.15, -0.1) is 0 Å². The van der Waals surface area contributed by atoms with Gasteiger partial charge in [0.2, 0.25) is 0 Å². The predicted octanol–water partition coefficient (Wildman–Crippen LogP) is 1.58. The summed E-state index contributed by atoms with van der Waals surface area (Å²) in [4.78, 5) is 4.91. The molecule has 0 spiro atoms. The molecule has 21 heavy (non-hydrogen) atoms. The second-order valence-electron chi connectivity index (χ2n) is 6.09. The number of nitrogens with one attached hydrogen (secondary N) is 1. The lowest BCUT2D eigenvalue weighted by molar-refractivity contribution is 0.201. The van der Waals surface area contributed by atoms with Crippen LogP contribution in [0.15, 0.2) is 12.3 Å². The van der Waals surface area contributed by atoms with Gasteiger partial charge in [0.15, 0.2) is 0 Å². The molecule has 1 aromatic heterocycles. The first-order valence-electron chi connectivity index (χ1n) is 8.38. The largest absolute Gasteiger partial charge is 0.314 e. The van der Waals surface area contributed by atoms with Crippen LogP contribution in [0, 0.1) is 0 Å². The first-order chi connectivity index (χ1) is 10.2. The van der Waals surface area contributed by atoms with Crippen molar-refractivity contribution in [2.75, 3.05) is 46.3 Å². The number of nitrogens with zero attached hydrogens (tertiary/aromatic N) is 4. The second kappa shape index (κ2) is 8.51. The molecule has 0 atom stereocenters. The van der Waals surface area contributed by atoms with Crippen LogP contribution in [0.3, 0.4) is 0 Å². The molecule has 120 valence electrons. The fourth-order valence-electron chi connectivity index (χ4n) is 2.93. The average Bonchev–Trinajstić information content (AvgIpc) is 2.96. The van der Waals surface area contributed by atoms with Gasteiger partial charge in [-0.25, -0.2) is 0 Å². The summed E-state index contributed by atoms with van der Waals surface area (Å²) in [5.41, 5.74) is 1.18. The zero-order chi connectivity index (χ0) is 15.1. The van der Waals surface area contributed by atoms with E-state index in [1.54, 1.807) is 0 Å². The topological polar surface area (TPSA) is 36.3 Å². The maximum Gasteiger partial charge on any atom is 0.0764 e. The molecule has 0 bridgehead atoms. The first-order valence-corrected chi connectivity index (χ1v) is 8.38. The molecule has 1 saturated heterocycles. The lowest BCUT2D eigenvalue weighted by Crippen LogP contribution is -2.45. The smallest absolute Gasteiger partial charge is 0.0764 e. The Morgan fingerprint density at radius 3 is 2.67 bits per heavy atom. The molecule has 2 heterocycles. The Morgan fingerprint density at radius 2 is 2.00 bits per heavy atom. The normalized spacial score (nSPS) is 17.0. The highest BCUT2D eigenvalue weighted by molar-refractivity contribution is 4.99. The summed E-state index contributed by atoms with van der Waals surface area (Å²) in [7, 11) is 2.19. The minimum atomic E-state index is 0.546. The molecule has 0 aliphatic carbocycles. The molecule has 1 aliphatic rings. The van der Waals surface area contributed by atoms with E-state index in [-0.39, 0.29) is 0 Å². The Kier molecular flexibility index (Phi) is 6.67. The Labute approximate surface area is 129 Å². The van der Waals surface area contributed by atoms with Gasteiger partial charge in [-0.05, 0) is 26.0 Å². The maximum absolute atomic E-state index is 4.74. The molecular formula is C16H31N5. The zero-order valence-corrected chi connectivity index (χ0v) is 13.9. The SMILES string of the molecule is CCC(CC)n1ccc(CN(C)CCN2CCNCC2)n1. The van der Waals surface area contributed by atoms with E-state index in [4.69, 9.17) is 5.10 Å². The van der Waals surface area contributed by atoms with E-state index >= 15 is 0 Å². The van der Waals surface area contributed by atoms with Crippen LogP contribution in [-0.2, 0) is 6.54 Å². The van der Waals surface area contributed by atoms with E-state index in [0.29, 0.717) is 6.04 Å². The van der Waals surface area contributed by atoms with Crippen molar-refractivity contribution >= 4 is 0 Å². The molecular weight excluding hydrogens is 262 g/mol. The average molecular weight is 293 g/mol. The summed E-state index contributed by atoms with van der Waals surface area (Å²) in [6.45, 7) is 12.3. The molecule has 0 saturated carbocycles. The maximum atomic E-state index is 4.74. The van der Waals surface area contributed by atoms with Crippen molar-refractivity contribution in [1.29, 1.82) is 0 Å². The summed E-state index contributed by atoms with van der Waals surface area (Å²) < 4.78 is 2.14. The van der Waals surface area contributed by atoms with Gasteiger partial charge in [0, 0.05) is 52.0 Å². The number of likely N-dealkylation sites (N-methyl/N-ethyl adjacent to an activating group) is 1. The summed E-state index contributed by atoms with van der Waals surface area (Å²) in [6.07, 6.45) is 4.43. The van der Waals surface area contributed by atoms with Crippen LogP contribution >= 0.6 is 0 Å². The van der Waals surface area contributed by atoms with Gasteiger partial charge in [-0.1, -0.05) is 13.8 Å². The molecule has 1 N–H and O–H groups in total. The standard InChI is InChI=1S/C16H31N5/c1-4-16(5-2)21-9-6-15(18-21)14-19(3)12-13-20-10-7-17-8-11-20/h6,9,16-17H,4-5,7-8,10-14H2,1-3H3. The number of hydrogen-bond donors (Lipinski definition) is 1. The Hall–Kier alpha value is -0.910. The highest BCUT2D eigenvalue weighted by Crippen LogP contribution is 2.14. The van der Waals surface area contributed by atoms with Crippen LogP contribution < -0.4 is 5.32 Å². The van der Waals surface area contributed by atoms with Crippen LogP contribution in [0.4, 0.5) is 0 Å². The molecule has 5 heteroatoms. The van der Waals surface area contributed by atoms with E-state index in [1.807, 2.05) is 0 Å². The van der Waals surface area contributed by atoms with Gasteiger partial charge in [0.05, 0.1) is 11.7 Å². The van der Waals surface area contributed by atoms with Crippen LogP contribution in [0.2, 0.25) is 0 Å². The van der Waals surface area contributed by atoms with Gasteiger partial charge < -0.3 is 5.32 Å². The molecule has 2 rings (SSSR count). The van der Waals surface area contributed by atoms with E-state index in [1.165, 1.54) is 18.8 Å². The van der Waals surface area contributed by atoms with Gasteiger partial charge in [-0.2, -0.15) is 5.10 Å². The van der Waals surface area contributed by atoms with Crippen molar-refractivity contribution in [1.82, 2.24) is 24.9 Å². The Bertz CT molecular complexity index is 393. The number of rotatable bonds is 8. The van der Waals surface area contributed by atoms with Crippen molar-refractivity contribution < 1.29 is 0 Å². The van der Waals surface area contributed by atoms with Crippen LogP contribution in [0.5, 0.6) is 0 Å². The van der Waals surface area contributed by atoms with Gasteiger partial charge in [-0.3, -0.25) is 14.5 Å². The molecule has 1 aromatic rings. The molecule has 0 amide bonds. The van der Waals surface area contributed by atoms with Crippen LogP contribution in [0.25, 0.3) is 0 Å². The summed E-state index contributed by atoms with van der Waals surface area (Å²) >= 11 is 0. The highest BCUT2D eigenvalue weighted by atomic mass is 15.3. The van der Waals surface area contributed by atoms with Crippen LogP contribution in [-0.4, -0.2) is 65.9 Å². The van der Waals surface area contributed by atoms with Gasteiger partial charge >= 0.3 is 0 Å². The molecule has 1 fully saturated rings.